The first-order chi connectivity index (χ1) is 12.4. The molecule has 0 aromatic rings. The van der Waals surface area contributed by atoms with Gasteiger partial charge < -0.3 is 6.15 Å². The van der Waals surface area contributed by atoms with E-state index in [1.54, 1.807) is 0 Å². The van der Waals surface area contributed by atoms with Crippen molar-refractivity contribution < 1.29 is 0 Å². The van der Waals surface area contributed by atoms with Gasteiger partial charge in [-0.05, 0) is 24.3 Å². The van der Waals surface area contributed by atoms with Gasteiger partial charge in [0.05, 0.1) is 0 Å². The monoisotopic (exact) mass is 387 g/mol. The van der Waals surface area contributed by atoms with Gasteiger partial charge in [-0.15, -0.1) is 0 Å². The molecule has 0 aromatic carbocycles. The molecule has 26 heavy (non-hydrogen) atoms. The Labute approximate surface area is 171 Å². The van der Waals surface area contributed by atoms with Crippen LogP contribution in [0.25, 0.3) is 0 Å². The summed E-state index contributed by atoms with van der Waals surface area (Å²) < 4.78 is 0. The Morgan fingerprint density at radius 3 is 0.846 bits per heavy atom. The van der Waals surface area contributed by atoms with Gasteiger partial charge in [-0.25, -0.2) is 0 Å². The lowest BCUT2D eigenvalue weighted by Gasteiger charge is -2.04. The van der Waals surface area contributed by atoms with Crippen LogP contribution in [0, 0.1) is 0 Å². The summed E-state index contributed by atoms with van der Waals surface area (Å²) >= 11 is 2.21. The van der Waals surface area contributed by atoms with Crippen molar-refractivity contribution in [3.63, 3.8) is 0 Å². The highest BCUT2D eigenvalue weighted by Crippen LogP contribution is 2.15. The predicted octanol–water partition coefficient (Wildman–Crippen LogP) is 9.72. The second-order valence-corrected chi connectivity index (χ2v) is 9.20. The van der Waals surface area contributed by atoms with Gasteiger partial charge in [-0.2, -0.15) is 11.8 Å². The van der Waals surface area contributed by atoms with E-state index in [9.17, 15) is 0 Å². The summed E-state index contributed by atoms with van der Waals surface area (Å²) in [7, 11) is 0. The summed E-state index contributed by atoms with van der Waals surface area (Å²) in [6, 6.07) is 0. The van der Waals surface area contributed by atoms with E-state index in [0.29, 0.717) is 0 Å². The van der Waals surface area contributed by atoms with Gasteiger partial charge in [0.25, 0.3) is 0 Å². The number of rotatable bonds is 22. The Balaban J connectivity index is 0. The summed E-state index contributed by atoms with van der Waals surface area (Å²) in [5, 5.41) is 0. The van der Waals surface area contributed by atoms with Gasteiger partial charge in [0.1, 0.15) is 0 Å². The summed E-state index contributed by atoms with van der Waals surface area (Å²) in [5.41, 5.74) is 0. The molecule has 0 radical (unpaired) electrons. The molecule has 0 unspecified atom stereocenters. The van der Waals surface area contributed by atoms with Crippen LogP contribution >= 0.6 is 11.8 Å². The molecule has 0 rings (SSSR count). The van der Waals surface area contributed by atoms with Crippen molar-refractivity contribution in [1.29, 1.82) is 0 Å². The second-order valence-electron chi connectivity index (χ2n) is 7.98. The van der Waals surface area contributed by atoms with Crippen LogP contribution < -0.4 is 6.15 Å². The first-order valence-electron chi connectivity index (χ1n) is 12.0. The Morgan fingerprint density at radius 1 is 0.346 bits per heavy atom. The average Bonchev–Trinajstić information content (AvgIpc) is 2.63. The van der Waals surface area contributed by atoms with E-state index in [1.165, 1.54) is 140 Å². The molecule has 2 heteroatoms. The van der Waals surface area contributed by atoms with E-state index in [2.05, 4.69) is 25.6 Å². The molecule has 0 heterocycles. The van der Waals surface area contributed by atoms with Crippen LogP contribution in [-0.2, 0) is 0 Å². The van der Waals surface area contributed by atoms with Crippen molar-refractivity contribution in [3.8, 4) is 0 Å². The van der Waals surface area contributed by atoms with E-state index in [-0.39, 0.29) is 6.15 Å². The third-order valence-electron chi connectivity index (χ3n) is 5.28. The largest absolute Gasteiger partial charge is 0.344 e. The zero-order valence-corrected chi connectivity index (χ0v) is 19.5. The van der Waals surface area contributed by atoms with Crippen molar-refractivity contribution in [2.75, 3.05) is 11.5 Å². The molecule has 0 saturated carbocycles. The summed E-state index contributed by atoms with van der Waals surface area (Å²) in [5.74, 6) is 2.82. The zero-order chi connectivity index (χ0) is 18.3. The molecule has 0 aliphatic carbocycles. The lowest BCUT2D eigenvalue weighted by atomic mass is 10.1. The molecule has 0 aliphatic heterocycles. The fourth-order valence-corrected chi connectivity index (χ4v) is 4.51. The molecule has 1 nitrogen and oxygen atoms in total. The Morgan fingerprint density at radius 2 is 0.577 bits per heavy atom. The van der Waals surface area contributed by atoms with Crippen LogP contribution in [0.5, 0.6) is 0 Å². The highest BCUT2D eigenvalue weighted by molar-refractivity contribution is 7.99. The Bertz CT molecular complexity index is 198. The molecule has 0 saturated heterocycles. The number of unbranched alkanes of at least 4 members (excludes halogenated alkanes) is 18. The molecule has 0 spiro atoms. The normalized spacial score (nSPS) is 10.8. The lowest BCUT2D eigenvalue weighted by molar-refractivity contribution is 0.562. The van der Waals surface area contributed by atoms with Crippen LogP contribution in [0.3, 0.4) is 0 Å². The summed E-state index contributed by atoms with van der Waals surface area (Å²) in [4.78, 5) is 0. The lowest BCUT2D eigenvalue weighted by Crippen LogP contribution is -1.87. The third-order valence-corrected chi connectivity index (χ3v) is 6.44. The van der Waals surface area contributed by atoms with Crippen molar-refractivity contribution in [2.24, 2.45) is 0 Å². The first kappa shape index (κ1) is 28.5. The maximum absolute atomic E-state index is 2.30. The number of hydrogen-bond donors (Lipinski definition) is 1. The Hall–Kier alpha value is 0.310. The van der Waals surface area contributed by atoms with Crippen LogP contribution in [0.1, 0.15) is 142 Å². The fourth-order valence-electron chi connectivity index (χ4n) is 3.49. The number of hydrogen-bond acceptors (Lipinski definition) is 2. The van der Waals surface area contributed by atoms with Crippen molar-refractivity contribution in [2.45, 2.75) is 142 Å². The van der Waals surface area contributed by atoms with Gasteiger partial charge >= 0.3 is 0 Å². The zero-order valence-electron chi connectivity index (χ0n) is 18.7. The molecule has 0 aliphatic rings. The van der Waals surface area contributed by atoms with Crippen LogP contribution in [0.4, 0.5) is 0 Å². The van der Waals surface area contributed by atoms with E-state index in [0.717, 1.165) is 0 Å². The van der Waals surface area contributed by atoms with Gasteiger partial charge in [0.2, 0.25) is 0 Å². The van der Waals surface area contributed by atoms with Gasteiger partial charge in [-0.3, -0.25) is 0 Å². The average molecular weight is 388 g/mol. The molecular weight excluding hydrogens is 334 g/mol. The van der Waals surface area contributed by atoms with Gasteiger partial charge in [0, 0.05) is 0 Å². The molecule has 0 aromatic heterocycles. The Kier molecular flexibility index (Phi) is 30.2. The standard InChI is InChI=1S/C24H50S.H3N/c1-3-5-7-9-11-13-15-17-19-21-23-25-24-22-20-18-16-14-12-10-8-6-4-2;/h3-24H2,1-2H3;1H3. The highest BCUT2D eigenvalue weighted by Gasteiger charge is 1.95. The van der Waals surface area contributed by atoms with Crippen LogP contribution in [0.2, 0.25) is 0 Å². The molecule has 0 atom stereocenters. The smallest absolute Gasteiger partial charge is 0.00675 e. The first-order valence-corrected chi connectivity index (χ1v) is 13.1. The fraction of sp³-hybridized carbons (Fsp3) is 1.00. The van der Waals surface area contributed by atoms with Gasteiger partial charge in [0.15, 0.2) is 0 Å². The second kappa shape index (κ2) is 27.5. The van der Waals surface area contributed by atoms with E-state index < -0.39 is 0 Å². The molecule has 3 N–H and O–H groups in total. The molecule has 0 bridgehead atoms. The minimum Gasteiger partial charge on any atom is -0.344 e. The van der Waals surface area contributed by atoms with Crippen molar-refractivity contribution in [3.05, 3.63) is 0 Å². The van der Waals surface area contributed by atoms with Gasteiger partial charge in [-0.1, -0.05) is 129 Å². The SMILES string of the molecule is CCCCCCCCCCCCSCCCCCCCCCCCC.N. The van der Waals surface area contributed by atoms with Crippen molar-refractivity contribution in [1.82, 2.24) is 6.15 Å². The summed E-state index contributed by atoms with van der Waals surface area (Å²) in [6.45, 7) is 4.60. The minimum absolute atomic E-state index is 0. The summed E-state index contributed by atoms with van der Waals surface area (Å²) in [6.07, 6.45) is 29.2. The van der Waals surface area contributed by atoms with E-state index in [1.807, 2.05) is 0 Å². The molecule has 0 amide bonds. The van der Waals surface area contributed by atoms with E-state index >= 15 is 0 Å². The predicted molar refractivity (Wildman–Crippen MR) is 126 cm³/mol. The third kappa shape index (κ3) is 26.5. The van der Waals surface area contributed by atoms with Crippen LogP contribution in [-0.4, -0.2) is 11.5 Å². The quantitative estimate of drug-likeness (QED) is 0.187. The maximum atomic E-state index is 2.30. The molecule has 160 valence electrons. The topological polar surface area (TPSA) is 35.0 Å². The maximum Gasteiger partial charge on any atom is -0.00675 e. The molecule has 0 fully saturated rings. The number of thioether (sulfide) groups is 1. The van der Waals surface area contributed by atoms with Crippen molar-refractivity contribution >= 4 is 11.8 Å². The highest BCUT2D eigenvalue weighted by atomic mass is 32.2. The molecular formula is C24H53NS. The van der Waals surface area contributed by atoms with Crippen LogP contribution in [0.15, 0.2) is 0 Å². The van der Waals surface area contributed by atoms with E-state index in [4.69, 9.17) is 0 Å². The minimum atomic E-state index is 0.